The predicted octanol–water partition coefficient (Wildman–Crippen LogP) is -1.59. The molecule has 0 saturated heterocycles. The third kappa shape index (κ3) is 8.48. The molecule has 6 N–H and O–H groups in total. The molecule has 0 saturated carbocycles. The van der Waals surface area contributed by atoms with Crippen LogP contribution in [0.3, 0.4) is 0 Å². The van der Waals surface area contributed by atoms with E-state index < -0.39 is 24.0 Å². The fourth-order valence-corrected chi connectivity index (χ4v) is 1.74. The van der Waals surface area contributed by atoms with Gasteiger partial charge in [-0.15, -0.1) is 0 Å². The first kappa shape index (κ1) is 17.6. The molecule has 0 aromatic rings. The maximum absolute atomic E-state index is 10.5. The van der Waals surface area contributed by atoms with Crippen LogP contribution in [0.25, 0.3) is 0 Å². The normalized spacial score (nSPS) is 13.2. The number of carbonyl (C=O) groups is 2. The zero-order valence-electron chi connectivity index (χ0n) is 9.21. The van der Waals surface area contributed by atoms with Crippen LogP contribution in [0.5, 0.6) is 0 Å². The number of aliphatic hydroxyl groups excluding tert-OH is 1. The number of thioether (sulfide) groups is 1. The van der Waals surface area contributed by atoms with Crippen LogP contribution >= 0.6 is 11.8 Å². The number of likely N-dealkylation sites (N-methyl/N-ethyl adjacent to an activating group) is 1. The van der Waals surface area contributed by atoms with E-state index >= 15 is 0 Å². The number of hydrogen-bond acceptors (Lipinski definition) is 6. The van der Waals surface area contributed by atoms with Gasteiger partial charge in [0.2, 0.25) is 0 Å². The quantitative estimate of drug-likeness (QED) is 0.367. The van der Waals surface area contributed by atoms with Crippen molar-refractivity contribution >= 4 is 23.7 Å². The first-order valence-corrected chi connectivity index (χ1v) is 5.55. The number of carboxylic acid groups (broad SMARTS) is 2. The number of nitrogens with two attached hydrogens (primary N) is 1. The lowest BCUT2D eigenvalue weighted by Crippen LogP contribution is -2.38. The Kier molecular flexibility index (Phi) is 11.7. The molecule has 96 valence electrons. The molecule has 0 radical (unpaired) electrons. The van der Waals surface area contributed by atoms with E-state index in [1.165, 1.54) is 18.8 Å². The Bertz CT molecular complexity index is 215. The van der Waals surface area contributed by atoms with Gasteiger partial charge in [-0.1, -0.05) is 0 Å². The van der Waals surface area contributed by atoms with Crippen molar-refractivity contribution in [3.63, 3.8) is 0 Å². The molecule has 0 rings (SSSR count). The molecular weight excluding hydrogens is 236 g/mol. The van der Waals surface area contributed by atoms with E-state index in [1.807, 2.05) is 0 Å². The van der Waals surface area contributed by atoms with Gasteiger partial charge in [-0.25, -0.2) is 0 Å². The Morgan fingerprint density at radius 1 is 1.25 bits per heavy atom. The molecule has 0 aliphatic carbocycles. The van der Waals surface area contributed by atoms with Gasteiger partial charge in [0.1, 0.15) is 12.1 Å². The van der Waals surface area contributed by atoms with Gasteiger partial charge < -0.3 is 26.4 Å². The van der Waals surface area contributed by atoms with Crippen LogP contribution in [0.1, 0.15) is 0 Å². The molecule has 0 aromatic heterocycles. The minimum atomic E-state index is -1.08. The summed E-state index contributed by atoms with van der Waals surface area (Å²) in [7, 11) is 2.54. The number of aliphatic carboxylic acids is 2. The van der Waals surface area contributed by atoms with Crippen molar-refractivity contribution in [3.8, 4) is 0 Å². The predicted molar refractivity (Wildman–Crippen MR) is 61.6 cm³/mol. The SMILES string of the molecule is CNC(CSCC(N)C(=O)O)C(=O)O.CO. The molecule has 0 amide bonds. The lowest BCUT2D eigenvalue weighted by atomic mass is 10.3. The molecule has 0 aliphatic rings. The van der Waals surface area contributed by atoms with Crippen LogP contribution in [0.2, 0.25) is 0 Å². The maximum atomic E-state index is 10.5. The summed E-state index contributed by atoms with van der Waals surface area (Å²) in [6.45, 7) is 0. The van der Waals surface area contributed by atoms with E-state index in [1.54, 1.807) is 0 Å². The highest BCUT2D eigenvalue weighted by atomic mass is 32.2. The molecule has 0 bridgehead atoms. The first-order chi connectivity index (χ1) is 7.49. The van der Waals surface area contributed by atoms with Crippen LogP contribution < -0.4 is 11.1 Å². The van der Waals surface area contributed by atoms with Crippen molar-refractivity contribution in [2.75, 3.05) is 25.7 Å². The topological polar surface area (TPSA) is 133 Å². The van der Waals surface area contributed by atoms with Crippen molar-refractivity contribution in [1.82, 2.24) is 5.32 Å². The Balaban J connectivity index is 0. The first-order valence-electron chi connectivity index (χ1n) is 4.40. The van der Waals surface area contributed by atoms with E-state index in [-0.39, 0.29) is 5.75 Å². The fourth-order valence-electron chi connectivity index (χ4n) is 0.662. The van der Waals surface area contributed by atoms with Crippen LogP contribution in [0.15, 0.2) is 0 Å². The molecule has 0 aliphatic heterocycles. The maximum Gasteiger partial charge on any atom is 0.321 e. The molecular formula is C8H18N2O5S. The molecule has 0 fully saturated rings. The zero-order chi connectivity index (χ0) is 13.1. The van der Waals surface area contributed by atoms with E-state index in [0.717, 1.165) is 7.11 Å². The van der Waals surface area contributed by atoms with E-state index in [0.29, 0.717) is 5.75 Å². The van der Waals surface area contributed by atoms with Crippen molar-refractivity contribution in [1.29, 1.82) is 0 Å². The van der Waals surface area contributed by atoms with Crippen LogP contribution in [-0.2, 0) is 9.59 Å². The third-order valence-corrected chi connectivity index (χ3v) is 2.71. The highest BCUT2D eigenvalue weighted by molar-refractivity contribution is 7.99. The standard InChI is InChI=1S/C7H14N2O4S.CH4O/c1-9-5(7(12)13)3-14-2-4(8)6(10)11;1-2/h4-5,9H,2-3,8H2,1H3,(H,10,11)(H,12,13);2H,1H3. The van der Waals surface area contributed by atoms with Crippen molar-refractivity contribution < 1.29 is 24.9 Å². The van der Waals surface area contributed by atoms with E-state index in [4.69, 9.17) is 21.1 Å². The number of hydrogen-bond donors (Lipinski definition) is 5. The average Bonchev–Trinajstić information content (AvgIpc) is 2.26. The fraction of sp³-hybridized carbons (Fsp3) is 0.750. The molecule has 0 spiro atoms. The number of nitrogens with one attached hydrogen (secondary N) is 1. The highest BCUT2D eigenvalue weighted by Crippen LogP contribution is 2.04. The summed E-state index contributed by atoms with van der Waals surface area (Å²) in [4.78, 5) is 20.8. The van der Waals surface area contributed by atoms with Gasteiger partial charge in [0, 0.05) is 18.6 Å². The average molecular weight is 254 g/mol. The summed E-state index contributed by atoms with van der Waals surface area (Å²) in [6.07, 6.45) is 0. The molecule has 16 heavy (non-hydrogen) atoms. The molecule has 2 atom stereocenters. The lowest BCUT2D eigenvalue weighted by Gasteiger charge is -2.11. The molecule has 2 unspecified atom stereocenters. The summed E-state index contributed by atoms with van der Waals surface area (Å²) in [5.74, 6) is -1.52. The summed E-state index contributed by atoms with van der Waals surface area (Å²) in [5.41, 5.74) is 5.23. The molecule has 0 aromatic carbocycles. The van der Waals surface area contributed by atoms with Gasteiger partial charge in [0.25, 0.3) is 0 Å². The highest BCUT2D eigenvalue weighted by Gasteiger charge is 2.17. The Morgan fingerprint density at radius 2 is 1.75 bits per heavy atom. The van der Waals surface area contributed by atoms with Crippen LogP contribution in [0.4, 0.5) is 0 Å². The smallest absolute Gasteiger partial charge is 0.321 e. The lowest BCUT2D eigenvalue weighted by molar-refractivity contribution is -0.139. The summed E-state index contributed by atoms with van der Waals surface area (Å²) in [5, 5.41) is 26.7. The van der Waals surface area contributed by atoms with E-state index in [9.17, 15) is 9.59 Å². The summed E-state index contributed by atoms with van der Waals surface area (Å²) >= 11 is 1.20. The molecule has 0 heterocycles. The Hall–Kier alpha value is -0.830. The second-order valence-electron chi connectivity index (χ2n) is 2.66. The second kappa shape index (κ2) is 10.7. The van der Waals surface area contributed by atoms with Gasteiger partial charge >= 0.3 is 11.9 Å². The zero-order valence-corrected chi connectivity index (χ0v) is 10.0. The van der Waals surface area contributed by atoms with Gasteiger partial charge in [0.15, 0.2) is 0 Å². The van der Waals surface area contributed by atoms with Gasteiger partial charge in [0.05, 0.1) is 0 Å². The van der Waals surface area contributed by atoms with Gasteiger partial charge in [-0.05, 0) is 7.05 Å². The van der Waals surface area contributed by atoms with Crippen LogP contribution in [-0.4, -0.2) is 65.0 Å². The largest absolute Gasteiger partial charge is 0.480 e. The second-order valence-corrected chi connectivity index (χ2v) is 3.74. The van der Waals surface area contributed by atoms with Crippen molar-refractivity contribution in [2.45, 2.75) is 12.1 Å². The van der Waals surface area contributed by atoms with Crippen molar-refractivity contribution in [2.24, 2.45) is 5.73 Å². The number of carboxylic acids is 2. The summed E-state index contributed by atoms with van der Waals surface area (Å²) in [6, 6.07) is -1.60. The van der Waals surface area contributed by atoms with Gasteiger partial charge in [-0.3, -0.25) is 9.59 Å². The summed E-state index contributed by atoms with van der Waals surface area (Å²) < 4.78 is 0. The third-order valence-electron chi connectivity index (χ3n) is 1.55. The van der Waals surface area contributed by atoms with Crippen LogP contribution in [0, 0.1) is 0 Å². The van der Waals surface area contributed by atoms with Crippen molar-refractivity contribution in [3.05, 3.63) is 0 Å². The Morgan fingerprint density at radius 3 is 2.06 bits per heavy atom. The Labute approximate surface area is 98.0 Å². The molecule has 7 nitrogen and oxygen atoms in total. The minimum absolute atomic E-state index is 0.209. The number of rotatable bonds is 7. The van der Waals surface area contributed by atoms with E-state index in [2.05, 4.69) is 5.32 Å². The number of aliphatic hydroxyl groups is 1. The van der Waals surface area contributed by atoms with Gasteiger partial charge in [-0.2, -0.15) is 11.8 Å². The minimum Gasteiger partial charge on any atom is -0.480 e. The monoisotopic (exact) mass is 254 g/mol. The molecule has 8 heteroatoms.